The van der Waals surface area contributed by atoms with Crippen molar-refractivity contribution < 1.29 is 4.79 Å². The van der Waals surface area contributed by atoms with E-state index in [4.69, 9.17) is 0 Å². The topological polar surface area (TPSA) is 45.8 Å². The number of carbonyl (C=O) groups excluding carboxylic acids is 1. The van der Waals surface area contributed by atoms with Gasteiger partial charge in [0.25, 0.3) is 0 Å². The molecule has 1 aromatic carbocycles. The maximum absolute atomic E-state index is 10.7. The lowest BCUT2D eigenvalue weighted by Crippen LogP contribution is -1.86. The Balaban J connectivity index is 2.59. The summed E-state index contributed by atoms with van der Waals surface area (Å²) in [6, 6.07) is 7.85. The highest BCUT2D eigenvalue weighted by molar-refractivity contribution is 9.10. The molecule has 82 valence electrons. The van der Waals surface area contributed by atoms with Gasteiger partial charge in [-0.25, -0.2) is 4.98 Å². The standard InChI is InChI=1S/C12H11BrN2O/c1-2-10-12(15-11(7-16)14-10)8-5-3-4-6-9(8)13/h3-7H,2H2,1H3,(H,14,15). The molecule has 2 rings (SSSR count). The maximum atomic E-state index is 10.7. The van der Waals surface area contributed by atoms with Gasteiger partial charge in [0.05, 0.1) is 5.69 Å². The first-order chi connectivity index (χ1) is 7.76. The largest absolute Gasteiger partial charge is 0.339 e. The van der Waals surface area contributed by atoms with Gasteiger partial charge >= 0.3 is 0 Å². The van der Waals surface area contributed by atoms with Crippen molar-refractivity contribution in [2.24, 2.45) is 0 Å². The van der Waals surface area contributed by atoms with Crippen LogP contribution in [0.1, 0.15) is 23.2 Å². The maximum Gasteiger partial charge on any atom is 0.185 e. The number of aldehydes is 1. The fraction of sp³-hybridized carbons (Fsp3) is 0.167. The molecule has 0 aliphatic heterocycles. The molecule has 1 N–H and O–H groups in total. The van der Waals surface area contributed by atoms with Gasteiger partial charge in [-0.1, -0.05) is 41.1 Å². The Labute approximate surface area is 102 Å². The summed E-state index contributed by atoms with van der Waals surface area (Å²) in [7, 11) is 0. The van der Waals surface area contributed by atoms with E-state index in [0.717, 1.165) is 34.1 Å². The third-order valence-electron chi connectivity index (χ3n) is 2.39. The zero-order valence-corrected chi connectivity index (χ0v) is 10.4. The van der Waals surface area contributed by atoms with Gasteiger partial charge in [-0.2, -0.15) is 0 Å². The van der Waals surface area contributed by atoms with E-state index in [9.17, 15) is 4.79 Å². The van der Waals surface area contributed by atoms with Gasteiger partial charge in [0, 0.05) is 15.7 Å². The van der Waals surface area contributed by atoms with E-state index in [0.29, 0.717) is 5.82 Å². The molecule has 1 heterocycles. The van der Waals surface area contributed by atoms with Crippen LogP contribution in [0.3, 0.4) is 0 Å². The fourth-order valence-electron chi connectivity index (χ4n) is 1.62. The molecule has 0 saturated carbocycles. The van der Waals surface area contributed by atoms with Crippen LogP contribution in [0, 0.1) is 0 Å². The lowest BCUT2D eigenvalue weighted by atomic mass is 10.1. The molecule has 0 spiro atoms. The molecule has 0 amide bonds. The highest BCUT2D eigenvalue weighted by Gasteiger charge is 2.12. The number of aromatic nitrogens is 2. The van der Waals surface area contributed by atoms with E-state index in [2.05, 4.69) is 25.9 Å². The number of imidazole rings is 1. The summed E-state index contributed by atoms with van der Waals surface area (Å²) >= 11 is 3.49. The quantitative estimate of drug-likeness (QED) is 0.877. The van der Waals surface area contributed by atoms with Gasteiger partial charge in [-0.3, -0.25) is 4.79 Å². The predicted octanol–water partition coefficient (Wildman–Crippen LogP) is 3.21. The van der Waals surface area contributed by atoms with Crippen molar-refractivity contribution in [1.82, 2.24) is 9.97 Å². The first-order valence-electron chi connectivity index (χ1n) is 5.05. The number of carbonyl (C=O) groups is 1. The van der Waals surface area contributed by atoms with Gasteiger partial charge in [0.15, 0.2) is 12.1 Å². The summed E-state index contributed by atoms with van der Waals surface area (Å²) in [6.07, 6.45) is 1.55. The molecule has 0 fully saturated rings. The van der Waals surface area contributed by atoms with Crippen LogP contribution in [-0.2, 0) is 6.42 Å². The van der Waals surface area contributed by atoms with E-state index in [1.165, 1.54) is 0 Å². The Hall–Kier alpha value is -1.42. The van der Waals surface area contributed by atoms with Gasteiger partial charge in [-0.15, -0.1) is 0 Å². The highest BCUT2D eigenvalue weighted by atomic mass is 79.9. The second-order valence-electron chi connectivity index (χ2n) is 3.40. The van der Waals surface area contributed by atoms with E-state index < -0.39 is 0 Å². The molecule has 0 saturated heterocycles. The summed E-state index contributed by atoms with van der Waals surface area (Å²) in [5, 5.41) is 0. The number of nitrogens with one attached hydrogen (secondary N) is 1. The van der Waals surface area contributed by atoms with Crippen LogP contribution in [0.5, 0.6) is 0 Å². The summed E-state index contributed by atoms with van der Waals surface area (Å²) in [5.41, 5.74) is 2.83. The van der Waals surface area contributed by atoms with Gasteiger partial charge in [0.1, 0.15) is 0 Å². The molecule has 0 aliphatic carbocycles. The Morgan fingerprint density at radius 1 is 1.44 bits per heavy atom. The normalized spacial score (nSPS) is 10.4. The van der Waals surface area contributed by atoms with Crippen molar-refractivity contribution in [3.63, 3.8) is 0 Å². The Kier molecular flexibility index (Phi) is 3.19. The minimum absolute atomic E-state index is 0.377. The number of rotatable bonds is 3. The monoisotopic (exact) mass is 278 g/mol. The minimum Gasteiger partial charge on any atom is -0.339 e. The lowest BCUT2D eigenvalue weighted by molar-refractivity contribution is 0.111. The third kappa shape index (κ3) is 1.93. The first-order valence-corrected chi connectivity index (χ1v) is 5.84. The smallest absolute Gasteiger partial charge is 0.185 e. The SMILES string of the molecule is CCc1[nH]c(C=O)nc1-c1ccccc1Br. The van der Waals surface area contributed by atoms with Crippen LogP contribution in [0.15, 0.2) is 28.7 Å². The van der Waals surface area contributed by atoms with Crippen molar-refractivity contribution in [1.29, 1.82) is 0 Å². The molecule has 16 heavy (non-hydrogen) atoms. The van der Waals surface area contributed by atoms with Crippen LogP contribution < -0.4 is 0 Å². The number of hydrogen-bond donors (Lipinski definition) is 1. The number of hydrogen-bond acceptors (Lipinski definition) is 2. The van der Waals surface area contributed by atoms with Crippen LogP contribution in [0.4, 0.5) is 0 Å². The van der Waals surface area contributed by atoms with E-state index in [-0.39, 0.29) is 0 Å². The number of H-pyrrole nitrogens is 1. The van der Waals surface area contributed by atoms with Crippen LogP contribution in [0.2, 0.25) is 0 Å². The number of nitrogens with zero attached hydrogens (tertiary/aromatic N) is 1. The van der Waals surface area contributed by atoms with E-state index in [1.54, 1.807) is 0 Å². The Morgan fingerprint density at radius 2 is 2.19 bits per heavy atom. The molecule has 4 heteroatoms. The van der Waals surface area contributed by atoms with Crippen molar-refractivity contribution in [3.8, 4) is 11.3 Å². The highest BCUT2D eigenvalue weighted by Crippen LogP contribution is 2.29. The second kappa shape index (κ2) is 4.61. The van der Waals surface area contributed by atoms with E-state index in [1.807, 2.05) is 31.2 Å². The van der Waals surface area contributed by atoms with Crippen LogP contribution in [-0.4, -0.2) is 16.3 Å². The molecule has 0 aliphatic rings. The van der Waals surface area contributed by atoms with Crippen molar-refractivity contribution in [3.05, 3.63) is 40.3 Å². The summed E-state index contributed by atoms with van der Waals surface area (Å²) in [6.45, 7) is 2.03. The predicted molar refractivity (Wildman–Crippen MR) is 66.5 cm³/mol. The summed E-state index contributed by atoms with van der Waals surface area (Å²) in [5.74, 6) is 0.377. The molecule has 1 aromatic heterocycles. The minimum atomic E-state index is 0.377. The van der Waals surface area contributed by atoms with Crippen molar-refractivity contribution in [2.75, 3.05) is 0 Å². The lowest BCUT2D eigenvalue weighted by Gasteiger charge is -2.02. The Bertz CT molecular complexity index is 519. The average molecular weight is 279 g/mol. The molecular weight excluding hydrogens is 268 g/mol. The zero-order chi connectivity index (χ0) is 11.5. The third-order valence-corrected chi connectivity index (χ3v) is 3.08. The summed E-state index contributed by atoms with van der Waals surface area (Å²) < 4.78 is 0.980. The molecule has 0 bridgehead atoms. The first kappa shape index (κ1) is 11.1. The van der Waals surface area contributed by atoms with Gasteiger partial charge in [-0.05, 0) is 12.5 Å². The van der Waals surface area contributed by atoms with E-state index >= 15 is 0 Å². The second-order valence-corrected chi connectivity index (χ2v) is 4.25. The zero-order valence-electron chi connectivity index (χ0n) is 8.83. The van der Waals surface area contributed by atoms with Crippen LogP contribution in [0.25, 0.3) is 11.3 Å². The molecule has 2 aromatic rings. The number of aromatic amines is 1. The van der Waals surface area contributed by atoms with Gasteiger partial charge < -0.3 is 4.98 Å². The molecule has 0 unspecified atom stereocenters. The van der Waals surface area contributed by atoms with Crippen molar-refractivity contribution >= 4 is 22.2 Å². The molecule has 0 radical (unpaired) electrons. The number of aryl methyl sites for hydroxylation is 1. The molecule has 3 nitrogen and oxygen atoms in total. The fourth-order valence-corrected chi connectivity index (χ4v) is 2.09. The molecular formula is C12H11BrN2O. The van der Waals surface area contributed by atoms with Gasteiger partial charge in [0.2, 0.25) is 0 Å². The average Bonchev–Trinajstić information content (AvgIpc) is 2.72. The number of benzene rings is 1. The van der Waals surface area contributed by atoms with Crippen LogP contribution >= 0.6 is 15.9 Å². The van der Waals surface area contributed by atoms with Crippen molar-refractivity contribution in [2.45, 2.75) is 13.3 Å². The number of halogens is 1. The Morgan fingerprint density at radius 3 is 2.81 bits per heavy atom. The summed E-state index contributed by atoms with van der Waals surface area (Å²) in [4.78, 5) is 18.0. The molecule has 0 atom stereocenters.